The zero-order valence-corrected chi connectivity index (χ0v) is 13.6. The molecule has 1 aromatic rings. The van der Waals surface area contributed by atoms with Gasteiger partial charge in [-0.3, -0.25) is 0 Å². The van der Waals surface area contributed by atoms with Crippen LogP contribution in [0.3, 0.4) is 0 Å². The molecular weight excluding hydrogens is 265 g/mol. The van der Waals surface area contributed by atoms with Crippen molar-refractivity contribution >= 4 is 5.70 Å². The summed E-state index contributed by atoms with van der Waals surface area (Å²) in [5.74, 6) is 1.63. The molecule has 1 rings (SSSR count). The number of hydrogen-bond donors (Lipinski definition) is 1. The predicted molar refractivity (Wildman–Crippen MR) is 87.1 cm³/mol. The van der Waals surface area contributed by atoms with E-state index in [2.05, 4.69) is 32.2 Å². The van der Waals surface area contributed by atoms with Crippen molar-refractivity contribution in [2.45, 2.75) is 27.2 Å². The molecule has 0 saturated carbocycles. The highest BCUT2D eigenvalue weighted by Gasteiger charge is 2.10. The SMILES string of the molecule is CCC(/C=C(\C=C(/NC)c1ccc(F)cc1)OC)C(C)C. The van der Waals surface area contributed by atoms with Gasteiger partial charge in [0.1, 0.15) is 11.6 Å². The summed E-state index contributed by atoms with van der Waals surface area (Å²) in [6, 6.07) is 6.43. The van der Waals surface area contributed by atoms with E-state index in [0.717, 1.165) is 23.4 Å². The highest BCUT2D eigenvalue weighted by atomic mass is 19.1. The monoisotopic (exact) mass is 291 g/mol. The number of benzene rings is 1. The van der Waals surface area contributed by atoms with Crippen LogP contribution < -0.4 is 5.32 Å². The minimum Gasteiger partial charge on any atom is -0.497 e. The van der Waals surface area contributed by atoms with Crippen LogP contribution in [0.1, 0.15) is 32.8 Å². The third-order valence-electron chi connectivity index (χ3n) is 3.65. The fourth-order valence-electron chi connectivity index (χ4n) is 2.24. The zero-order valence-electron chi connectivity index (χ0n) is 13.6. The van der Waals surface area contributed by atoms with Gasteiger partial charge >= 0.3 is 0 Å². The van der Waals surface area contributed by atoms with E-state index in [9.17, 15) is 4.39 Å². The predicted octanol–water partition coefficient (Wildman–Crippen LogP) is 4.60. The summed E-state index contributed by atoms with van der Waals surface area (Å²) < 4.78 is 18.5. The number of rotatable bonds is 7. The van der Waals surface area contributed by atoms with E-state index < -0.39 is 0 Å². The van der Waals surface area contributed by atoms with E-state index in [1.807, 2.05) is 13.1 Å². The Bertz CT molecular complexity index is 488. The van der Waals surface area contributed by atoms with E-state index in [1.54, 1.807) is 19.2 Å². The second-order valence-corrected chi connectivity index (χ2v) is 5.40. The molecule has 0 saturated heterocycles. The highest BCUT2D eigenvalue weighted by molar-refractivity contribution is 5.65. The maximum atomic E-state index is 13.0. The van der Waals surface area contributed by atoms with Gasteiger partial charge in [0.2, 0.25) is 0 Å². The summed E-state index contributed by atoms with van der Waals surface area (Å²) in [4.78, 5) is 0. The molecule has 0 aliphatic carbocycles. The number of methoxy groups -OCH3 is 1. The Morgan fingerprint density at radius 3 is 2.33 bits per heavy atom. The van der Waals surface area contributed by atoms with Crippen LogP contribution in [0, 0.1) is 17.7 Å². The molecule has 0 aromatic heterocycles. The van der Waals surface area contributed by atoms with Gasteiger partial charge in [0.05, 0.1) is 7.11 Å². The van der Waals surface area contributed by atoms with Crippen molar-refractivity contribution in [3.8, 4) is 0 Å². The first kappa shape index (κ1) is 17.3. The Balaban J connectivity index is 3.08. The highest BCUT2D eigenvalue weighted by Crippen LogP contribution is 2.21. The first-order valence-electron chi connectivity index (χ1n) is 7.43. The molecule has 0 heterocycles. The van der Waals surface area contributed by atoms with Crippen molar-refractivity contribution in [1.29, 1.82) is 0 Å². The lowest BCUT2D eigenvalue weighted by Gasteiger charge is -2.16. The summed E-state index contributed by atoms with van der Waals surface area (Å²) in [6.07, 6.45) is 5.19. The van der Waals surface area contributed by atoms with E-state index in [-0.39, 0.29) is 5.82 Å². The van der Waals surface area contributed by atoms with Crippen molar-refractivity contribution in [3.63, 3.8) is 0 Å². The van der Waals surface area contributed by atoms with Crippen LogP contribution in [0.5, 0.6) is 0 Å². The van der Waals surface area contributed by atoms with Gasteiger partial charge in [-0.1, -0.05) is 32.9 Å². The standard InChI is InChI=1S/C18H26FNO/c1-6-14(13(2)3)11-17(21-5)12-18(20-4)15-7-9-16(19)10-8-15/h7-14,20H,6H2,1-5H3/b17-11+,18-12-. The summed E-state index contributed by atoms with van der Waals surface area (Å²) >= 11 is 0. The Morgan fingerprint density at radius 1 is 1.29 bits per heavy atom. The zero-order chi connectivity index (χ0) is 15.8. The smallest absolute Gasteiger partial charge is 0.123 e. The average Bonchev–Trinajstić information content (AvgIpc) is 2.48. The number of nitrogens with one attached hydrogen (secondary N) is 1. The van der Waals surface area contributed by atoms with Crippen molar-refractivity contribution in [2.75, 3.05) is 14.2 Å². The van der Waals surface area contributed by atoms with E-state index in [0.29, 0.717) is 11.8 Å². The van der Waals surface area contributed by atoms with Crippen molar-refractivity contribution in [3.05, 3.63) is 53.6 Å². The molecule has 116 valence electrons. The molecule has 0 radical (unpaired) electrons. The number of allylic oxidation sites excluding steroid dienone is 2. The fraction of sp³-hybridized carbons (Fsp3) is 0.444. The number of ether oxygens (including phenoxy) is 1. The van der Waals surface area contributed by atoms with Crippen LogP contribution in [0.25, 0.3) is 5.70 Å². The lowest BCUT2D eigenvalue weighted by Crippen LogP contribution is -2.08. The molecule has 0 spiro atoms. The van der Waals surface area contributed by atoms with Crippen LogP contribution >= 0.6 is 0 Å². The number of halogens is 1. The Morgan fingerprint density at radius 2 is 1.90 bits per heavy atom. The van der Waals surface area contributed by atoms with Crippen LogP contribution in [-0.4, -0.2) is 14.2 Å². The lowest BCUT2D eigenvalue weighted by molar-refractivity contribution is 0.297. The van der Waals surface area contributed by atoms with Gasteiger partial charge in [0.15, 0.2) is 0 Å². The molecule has 0 fully saturated rings. The first-order valence-corrected chi connectivity index (χ1v) is 7.43. The second kappa shape index (κ2) is 8.50. The normalized spacial score (nSPS) is 14.2. The molecule has 1 atom stereocenters. The maximum absolute atomic E-state index is 13.0. The molecule has 1 unspecified atom stereocenters. The van der Waals surface area contributed by atoms with E-state index >= 15 is 0 Å². The van der Waals surface area contributed by atoms with Gasteiger partial charge in [-0.2, -0.15) is 0 Å². The van der Waals surface area contributed by atoms with Crippen LogP contribution in [0.4, 0.5) is 4.39 Å². The van der Waals surface area contributed by atoms with E-state index in [1.165, 1.54) is 12.1 Å². The second-order valence-electron chi connectivity index (χ2n) is 5.40. The molecular formula is C18H26FNO. The van der Waals surface area contributed by atoms with Gasteiger partial charge in [-0.15, -0.1) is 0 Å². The average molecular weight is 291 g/mol. The summed E-state index contributed by atoms with van der Waals surface area (Å²) in [5, 5.41) is 3.14. The number of hydrogen-bond acceptors (Lipinski definition) is 2. The Labute approximate surface area is 127 Å². The van der Waals surface area contributed by atoms with Crippen LogP contribution in [-0.2, 0) is 4.74 Å². The largest absolute Gasteiger partial charge is 0.497 e. The van der Waals surface area contributed by atoms with Gasteiger partial charge in [0, 0.05) is 18.8 Å². The third-order valence-corrected chi connectivity index (χ3v) is 3.65. The quantitative estimate of drug-likeness (QED) is 0.585. The maximum Gasteiger partial charge on any atom is 0.123 e. The third kappa shape index (κ3) is 5.25. The fourth-order valence-corrected chi connectivity index (χ4v) is 2.24. The summed E-state index contributed by atoms with van der Waals surface area (Å²) in [5.41, 5.74) is 1.83. The molecule has 0 bridgehead atoms. The summed E-state index contributed by atoms with van der Waals surface area (Å²) in [7, 11) is 3.52. The van der Waals surface area contributed by atoms with Crippen LogP contribution in [0.15, 0.2) is 42.2 Å². The van der Waals surface area contributed by atoms with Gasteiger partial charge < -0.3 is 10.1 Å². The molecule has 0 aliphatic rings. The first-order chi connectivity index (χ1) is 10.0. The molecule has 0 amide bonds. The molecule has 2 nitrogen and oxygen atoms in total. The van der Waals surface area contributed by atoms with Crippen molar-refractivity contribution < 1.29 is 9.13 Å². The van der Waals surface area contributed by atoms with Gasteiger partial charge in [-0.25, -0.2) is 4.39 Å². The molecule has 1 N–H and O–H groups in total. The minimum atomic E-state index is -0.234. The molecule has 1 aromatic carbocycles. The van der Waals surface area contributed by atoms with Gasteiger partial charge in [-0.05, 0) is 42.0 Å². The molecule has 0 aliphatic heterocycles. The van der Waals surface area contributed by atoms with Gasteiger partial charge in [0.25, 0.3) is 0 Å². The Kier molecular flexibility index (Phi) is 7.00. The Hall–Kier alpha value is -1.77. The molecule has 3 heteroatoms. The summed E-state index contributed by atoms with van der Waals surface area (Å²) in [6.45, 7) is 6.60. The van der Waals surface area contributed by atoms with Crippen LogP contribution in [0.2, 0.25) is 0 Å². The topological polar surface area (TPSA) is 21.3 Å². The van der Waals surface area contributed by atoms with Crippen molar-refractivity contribution in [1.82, 2.24) is 5.32 Å². The lowest BCUT2D eigenvalue weighted by atomic mass is 9.92. The minimum absolute atomic E-state index is 0.234. The van der Waals surface area contributed by atoms with Crippen molar-refractivity contribution in [2.24, 2.45) is 11.8 Å². The van der Waals surface area contributed by atoms with E-state index in [4.69, 9.17) is 4.74 Å². The molecule has 21 heavy (non-hydrogen) atoms.